The van der Waals surface area contributed by atoms with Gasteiger partial charge in [0.25, 0.3) is 0 Å². The Balaban J connectivity index is 1.34. The van der Waals surface area contributed by atoms with Gasteiger partial charge in [-0.3, -0.25) is 0 Å². The zero-order chi connectivity index (χ0) is 21.6. The Labute approximate surface area is 186 Å². The van der Waals surface area contributed by atoms with Crippen LogP contribution in [0.5, 0.6) is 0 Å². The van der Waals surface area contributed by atoms with E-state index in [-0.39, 0.29) is 0 Å². The molecule has 0 bridgehead atoms. The number of hydrogen-bond acceptors (Lipinski definition) is 6. The third kappa shape index (κ3) is 4.54. The Morgan fingerprint density at radius 3 is 1.62 bits per heavy atom. The van der Waals surface area contributed by atoms with Crippen LogP contribution in [-0.2, 0) is 13.1 Å². The standard InChI is InChI=1S/C24H26N8/c1-2-6-20-16-22-21(15-19(20)5-1)23(27-7-3-11-31-13-9-25-17-31)29-30-24(22)28-8-4-12-32-14-10-26-18-32/h1-2,5-6,9-10,13-18H,3-4,7-8,11-12H2,(H,27,29)(H,28,30). The molecule has 3 aromatic heterocycles. The van der Waals surface area contributed by atoms with Gasteiger partial charge in [0, 0.05) is 61.7 Å². The normalized spacial score (nSPS) is 11.2. The summed E-state index contributed by atoms with van der Waals surface area (Å²) >= 11 is 0. The maximum Gasteiger partial charge on any atom is 0.156 e. The summed E-state index contributed by atoms with van der Waals surface area (Å²) in [5.41, 5.74) is 0. The second-order valence-corrected chi connectivity index (χ2v) is 7.80. The third-order valence-electron chi connectivity index (χ3n) is 5.54. The number of aromatic nitrogens is 6. The van der Waals surface area contributed by atoms with Gasteiger partial charge in [0.05, 0.1) is 12.7 Å². The van der Waals surface area contributed by atoms with Gasteiger partial charge >= 0.3 is 0 Å². The number of imidazole rings is 2. The Hall–Kier alpha value is -3.94. The SMILES string of the molecule is c1ccc2cc3c(NCCCn4ccnc4)nnc(NCCCn4ccnc4)c3cc2c1. The smallest absolute Gasteiger partial charge is 0.156 e. The average Bonchev–Trinajstić information content (AvgIpc) is 3.53. The van der Waals surface area contributed by atoms with Crippen molar-refractivity contribution in [3.8, 4) is 0 Å². The second kappa shape index (κ2) is 9.47. The molecule has 3 heterocycles. The highest BCUT2D eigenvalue weighted by Gasteiger charge is 2.11. The van der Waals surface area contributed by atoms with Crippen molar-refractivity contribution in [3.05, 3.63) is 73.8 Å². The molecule has 5 aromatic rings. The number of nitrogens with zero attached hydrogens (tertiary/aromatic N) is 6. The summed E-state index contributed by atoms with van der Waals surface area (Å²) in [4.78, 5) is 8.18. The number of benzene rings is 2. The maximum absolute atomic E-state index is 4.52. The molecule has 5 rings (SSSR count). The van der Waals surface area contributed by atoms with E-state index >= 15 is 0 Å². The third-order valence-corrected chi connectivity index (χ3v) is 5.54. The highest BCUT2D eigenvalue weighted by molar-refractivity contribution is 6.06. The lowest BCUT2D eigenvalue weighted by Crippen LogP contribution is -2.11. The molecule has 0 aliphatic carbocycles. The van der Waals surface area contributed by atoms with Gasteiger partial charge in [0.15, 0.2) is 11.6 Å². The molecule has 2 aromatic carbocycles. The first-order valence-electron chi connectivity index (χ1n) is 11.0. The minimum absolute atomic E-state index is 0.812. The average molecular weight is 427 g/mol. The van der Waals surface area contributed by atoms with Crippen LogP contribution < -0.4 is 10.6 Å². The van der Waals surface area contributed by atoms with E-state index in [4.69, 9.17) is 0 Å². The van der Waals surface area contributed by atoms with Crippen molar-refractivity contribution in [2.24, 2.45) is 0 Å². The lowest BCUT2D eigenvalue weighted by molar-refractivity contribution is 0.658. The predicted octanol–water partition coefficient (Wildman–Crippen LogP) is 4.18. The van der Waals surface area contributed by atoms with Crippen molar-refractivity contribution in [2.45, 2.75) is 25.9 Å². The van der Waals surface area contributed by atoms with Gasteiger partial charge in [-0.1, -0.05) is 24.3 Å². The Morgan fingerprint density at radius 2 is 1.19 bits per heavy atom. The number of rotatable bonds is 10. The summed E-state index contributed by atoms with van der Waals surface area (Å²) in [5, 5.41) is 20.6. The van der Waals surface area contributed by atoms with E-state index in [1.807, 2.05) is 25.0 Å². The second-order valence-electron chi connectivity index (χ2n) is 7.80. The van der Waals surface area contributed by atoms with Crippen LogP contribution in [0.2, 0.25) is 0 Å². The van der Waals surface area contributed by atoms with Crippen LogP contribution in [0.4, 0.5) is 11.6 Å². The summed E-state index contributed by atoms with van der Waals surface area (Å²) in [6, 6.07) is 12.8. The van der Waals surface area contributed by atoms with Crippen molar-refractivity contribution in [3.63, 3.8) is 0 Å². The van der Waals surface area contributed by atoms with Crippen LogP contribution in [0.3, 0.4) is 0 Å². The highest BCUT2D eigenvalue weighted by Crippen LogP contribution is 2.30. The van der Waals surface area contributed by atoms with Crippen molar-refractivity contribution in [1.82, 2.24) is 29.3 Å². The molecule has 0 saturated carbocycles. The van der Waals surface area contributed by atoms with Crippen LogP contribution in [0.1, 0.15) is 12.8 Å². The quantitative estimate of drug-likeness (QED) is 0.257. The topological polar surface area (TPSA) is 85.5 Å². The molecule has 8 nitrogen and oxygen atoms in total. The van der Waals surface area contributed by atoms with Gasteiger partial charge in [0.1, 0.15) is 0 Å². The van der Waals surface area contributed by atoms with Crippen LogP contribution >= 0.6 is 0 Å². The summed E-state index contributed by atoms with van der Waals surface area (Å²) in [6.07, 6.45) is 13.2. The number of aryl methyl sites for hydroxylation is 2. The van der Waals surface area contributed by atoms with Gasteiger partial charge in [-0.15, -0.1) is 10.2 Å². The first-order valence-corrected chi connectivity index (χ1v) is 11.0. The van der Waals surface area contributed by atoms with Gasteiger partial charge in [-0.25, -0.2) is 9.97 Å². The molecule has 0 saturated heterocycles. The monoisotopic (exact) mass is 426 g/mol. The molecule has 0 amide bonds. The summed E-state index contributed by atoms with van der Waals surface area (Å²) < 4.78 is 4.16. The van der Waals surface area contributed by atoms with E-state index in [9.17, 15) is 0 Å². The van der Waals surface area contributed by atoms with E-state index < -0.39 is 0 Å². The van der Waals surface area contributed by atoms with Crippen molar-refractivity contribution in [2.75, 3.05) is 23.7 Å². The minimum atomic E-state index is 0.812. The summed E-state index contributed by atoms with van der Waals surface area (Å²) in [6.45, 7) is 3.45. The van der Waals surface area contributed by atoms with Gasteiger partial charge in [-0.05, 0) is 35.7 Å². The zero-order valence-electron chi connectivity index (χ0n) is 17.9. The van der Waals surface area contributed by atoms with Crippen LogP contribution in [0.15, 0.2) is 73.8 Å². The Bertz CT molecular complexity index is 1180. The molecule has 162 valence electrons. The molecular weight excluding hydrogens is 400 g/mol. The molecule has 32 heavy (non-hydrogen) atoms. The molecule has 8 heteroatoms. The largest absolute Gasteiger partial charge is 0.368 e. The summed E-state index contributed by atoms with van der Waals surface area (Å²) in [7, 11) is 0. The molecular formula is C24H26N8. The van der Waals surface area contributed by atoms with Gasteiger partial charge < -0.3 is 19.8 Å². The van der Waals surface area contributed by atoms with Crippen LogP contribution in [-0.4, -0.2) is 42.4 Å². The van der Waals surface area contributed by atoms with Crippen LogP contribution in [0.25, 0.3) is 21.5 Å². The van der Waals surface area contributed by atoms with E-state index in [0.29, 0.717) is 0 Å². The molecule has 0 radical (unpaired) electrons. The Kier molecular flexibility index (Phi) is 5.91. The maximum atomic E-state index is 4.52. The molecule has 0 aliphatic rings. The summed E-state index contributed by atoms with van der Waals surface area (Å²) in [5.74, 6) is 1.64. The van der Waals surface area contributed by atoms with Crippen molar-refractivity contribution in [1.29, 1.82) is 0 Å². The first kappa shape index (κ1) is 20.0. The molecule has 0 aliphatic heterocycles. The van der Waals surface area contributed by atoms with E-state index in [0.717, 1.165) is 61.4 Å². The number of anilines is 2. The van der Waals surface area contributed by atoms with Crippen molar-refractivity contribution >= 4 is 33.2 Å². The predicted molar refractivity (Wildman–Crippen MR) is 128 cm³/mol. The fourth-order valence-corrected chi connectivity index (χ4v) is 3.88. The molecule has 0 unspecified atom stereocenters. The van der Waals surface area contributed by atoms with Crippen LogP contribution in [0, 0.1) is 0 Å². The molecule has 0 spiro atoms. The lowest BCUT2D eigenvalue weighted by Gasteiger charge is -2.14. The zero-order valence-corrected chi connectivity index (χ0v) is 17.9. The molecule has 2 N–H and O–H groups in total. The number of fused-ring (bicyclic) bond motifs is 2. The van der Waals surface area contributed by atoms with E-state index in [1.54, 1.807) is 12.4 Å². The van der Waals surface area contributed by atoms with Gasteiger partial charge in [0.2, 0.25) is 0 Å². The van der Waals surface area contributed by atoms with E-state index in [2.05, 4.69) is 76.3 Å². The highest BCUT2D eigenvalue weighted by atomic mass is 15.2. The Morgan fingerprint density at radius 1 is 0.688 bits per heavy atom. The number of nitrogens with one attached hydrogen (secondary N) is 2. The van der Waals surface area contributed by atoms with Gasteiger partial charge in [-0.2, -0.15) is 0 Å². The molecule has 0 atom stereocenters. The lowest BCUT2D eigenvalue weighted by atomic mass is 10.0. The fourth-order valence-electron chi connectivity index (χ4n) is 3.88. The first-order chi connectivity index (χ1) is 15.9. The minimum Gasteiger partial charge on any atom is -0.368 e. The molecule has 0 fully saturated rings. The van der Waals surface area contributed by atoms with Crippen molar-refractivity contribution < 1.29 is 0 Å². The number of hydrogen-bond donors (Lipinski definition) is 2. The van der Waals surface area contributed by atoms with E-state index in [1.165, 1.54) is 10.8 Å². The fraction of sp³-hybridized carbons (Fsp3) is 0.250.